The van der Waals surface area contributed by atoms with Crippen molar-refractivity contribution in [1.29, 1.82) is 0 Å². The normalized spacial score (nSPS) is 15.7. The molecule has 1 aromatic carbocycles. The van der Waals surface area contributed by atoms with Gasteiger partial charge in [0.25, 0.3) is 0 Å². The molecule has 2 aromatic rings. The monoisotopic (exact) mass is 388 g/mol. The summed E-state index contributed by atoms with van der Waals surface area (Å²) in [5.41, 5.74) is 2.28. The van der Waals surface area contributed by atoms with E-state index < -0.39 is 0 Å². The number of hydrogen-bond donors (Lipinski definition) is 1. The summed E-state index contributed by atoms with van der Waals surface area (Å²) in [7, 11) is 0. The SMILES string of the molecule is Cc1csc(=O)n1CCC(=O)NCCN1CCN(Cc2ccccc2)CC1. The van der Waals surface area contributed by atoms with Gasteiger partial charge in [0, 0.05) is 69.9 Å². The number of nitrogens with zero attached hydrogens (tertiary/aromatic N) is 3. The van der Waals surface area contributed by atoms with Crippen LogP contribution in [0.2, 0.25) is 0 Å². The van der Waals surface area contributed by atoms with Crippen LogP contribution in [-0.4, -0.2) is 59.5 Å². The zero-order valence-electron chi connectivity index (χ0n) is 15.9. The highest BCUT2D eigenvalue weighted by atomic mass is 32.1. The molecule has 1 aliphatic heterocycles. The lowest BCUT2D eigenvalue weighted by atomic mass is 10.2. The molecule has 1 aliphatic rings. The molecule has 1 saturated heterocycles. The Kier molecular flexibility index (Phi) is 7.20. The number of amides is 1. The maximum Gasteiger partial charge on any atom is 0.307 e. The van der Waals surface area contributed by atoms with Crippen molar-refractivity contribution in [3.8, 4) is 0 Å². The molecule has 6 nitrogen and oxygen atoms in total. The molecule has 0 spiro atoms. The zero-order chi connectivity index (χ0) is 19.1. The molecule has 1 amide bonds. The van der Waals surface area contributed by atoms with Gasteiger partial charge in [-0.05, 0) is 12.5 Å². The highest BCUT2D eigenvalue weighted by Gasteiger charge is 2.16. The molecular weight excluding hydrogens is 360 g/mol. The topological polar surface area (TPSA) is 57.6 Å². The summed E-state index contributed by atoms with van der Waals surface area (Å²) in [5.74, 6) is 0.00946. The lowest BCUT2D eigenvalue weighted by Crippen LogP contribution is -2.48. The van der Waals surface area contributed by atoms with Crippen molar-refractivity contribution < 1.29 is 4.79 Å². The third-order valence-electron chi connectivity index (χ3n) is 5.00. The van der Waals surface area contributed by atoms with Crippen molar-refractivity contribution in [2.75, 3.05) is 39.3 Å². The van der Waals surface area contributed by atoms with E-state index in [4.69, 9.17) is 0 Å². The number of carbonyl (C=O) groups is 1. The van der Waals surface area contributed by atoms with E-state index in [-0.39, 0.29) is 10.8 Å². The van der Waals surface area contributed by atoms with E-state index in [9.17, 15) is 9.59 Å². The standard InChI is InChI=1S/C20H28N4O2S/c1-17-16-27-20(26)24(17)9-7-19(25)21-8-10-22-11-13-23(14-12-22)15-18-5-3-2-4-6-18/h2-6,16H,7-15H2,1H3,(H,21,25). The van der Waals surface area contributed by atoms with Crippen LogP contribution in [0.25, 0.3) is 0 Å². The van der Waals surface area contributed by atoms with E-state index in [2.05, 4.69) is 45.4 Å². The number of thiazole rings is 1. The van der Waals surface area contributed by atoms with Gasteiger partial charge in [-0.2, -0.15) is 0 Å². The molecule has 0 bridgehead atoms. The third-order valence-corrected chi connectivity index (χ3v) is 5.88. The lowest BCUT2D eigenvalue weighted by Gasteiger charge is -2.34. The Bertz CT molecular complexity index is 779. The number of rotatable bonds is 8. The van der Waals surface area contributed by atoms with Crippen molar-refractivity contribution in [2.24, 2.45) is 0 Å². The minimum absolute atomic E-state index is 0.00803. The summed E-state index contributed by atoms with van der Waals surface area (Å²) in [6.45, 7) is 9.08. The smallest absolute Gasteiger partial charge is 0.307 e. The van der Waals surface area contributed by atoms with E-state index in [0.717, 1.165) is 45.0 Å². The predicted octanol–water partition coefficient (Wildman–Crippen LogP) is 1.54. The Morgan fingerprint density at radius 1 is 1.07 bits per heavy atom. The molecule has 0 unspecified atom stereocenters. The molecule has 146 valence electrons. The first-order valence-corrected chi connectivity index (χ1v) is 10.4. The molecule has 0 radical (unpaired) electrons. The summed E-state index contributed by atoms with van der Waals surface area (Å²) >= 11 is 1.18. The largest absolute Gasteiger partial charge is 0.355 e. The maximum atomic E-state index is 12.0. The van der Waals surface area contributed by atoms with Crippen molar-refractivity contribution in [1.82, 2.24) is 19.7 Å². The average Bonchev–Trinajstić information content (AvgIpc) is 3.00. The second-order valence-electron chi connectivity index (χ2n) is 7.00. The van der Waals surface area contributed by atoms with Gasteiger partial charge in [-0.3, -0.25) is 19.4 Å². The highest BCUT2D eigenvalue weighted by Crippen LogP contribution is 2.08. The first-order valence-electron chi connectivity index (χ1n) is 9.52. The minimum atomic E-state index is 0.00803. The average molecular weight is 389 g/mol. The van der Waals surface area contributed by atoms with E-state index >= 15 is 0 Å². The summed E-state index contributed by atoms with van der Waals surface area (Å²) < 4.78 is 1.66. The van der Waals surface area contributed by atoms with Crippen LogP contribution in [-0.2, 0) is 17.9 Å². The fourth-order valence-corrected chi connectivity index (χ4v) is 4.10. The fraction of sp³-hybridized carbons (Fsp3) is 0.500. The van der Waals surface area contributed by atoms with Crippen LogP contribution >= 0.6 is 11.3 Å². The number of hydrogen-bond acceptors (Lipinski definition) is 5. The Labute approximate surface area is 164 Å². The fourth-order valence-electron chi connectivity index (χ4n) is 3.34. The van der Waals surface area contributed by atoms with Gasteiger partial charge in [0.05, 0.1) is 0 Å². The van der Waals surface area contributed by atoms with Crippen LogP contribution in [0.5, 0.6) is 0 Å². The number of nitrogens with one attached hydrogen (secondary N) is 1. The zero-order valence-corrected chi connectivity index (χ0v) is 16.7. The molecule has 2 heterocycles. The van der Waals surface area contributed by atoms with E-state index in [1.54, 1.807) is 4.57 Å². The van der Waals surface area contributed by atoms with E-state index in [1.807, 2.05) is 12.3 Å². The third kappa shape index (κ3) is 6.02. The molecule has 27 heavy (non-hydrogen) atoms. The van der Waals surface area contributed by atoms with Crippen molar-refractivity contribution >= 4 is 17.2 Å². The molecule has 1 fully saturated rings. The van der Waals surface area contributed by atoms with Crippen LogP contribution in [0, 0.1) is 6.92 Å². The molecule has 0 aliphatic carbocycles. The second kappa shape index (κ2) is 9.82. The van der Waals surface area contributed by atoms with Crippen LogP contribution in [0.1, 0.15) is 17.7 Å². The molecule has 1 N–H and O–H groups in total. The molecule has 0 saturated carbocycles. The number of piperazine rings is 1. The number of aromatic nitrogens is 1. The summed E-state index contributed by atoms with van der Waals surface area (Å²) in [5, 5.41) is 4.81. The van der Waals surface area contributed by atoms with Gasteiger partial charge in [-0.15, -0.1) is 0 Å². The quantitative estimate of drug-likeness (QED) is 0.745. The molecule has 1 aromatic heterocycles. The van der Waals surface area contributed by atoms with Crippen LogP contribution in [0.4, 0.5) is 0 Å². The van der Waals surface area contributed by atoms with Gasteiger partial charge < -0.3 is 9.88 Å². The van der Waals surface area contributed by atoms with Crippen LogP contribution in [0.15, 0.2) is 40.5 Å². The van der Waals surface area contributed by atoms with Crippen LogP contribution < -0.4 is 10.2 Å². The predicted molar refractivity (Wildman–Crippen MR) is 109 cm³/mol. The summed E-state index contributed by atoms with van der Waals surface area (Å²) in [6.07, 6.45) is 0.350. The van der Waals surface area contributed by atoms with E-state index in [0.29, 0.717) is 19.5 Å². The molecular formula is C20H28N4O2S. The van der Waals surface area contributed by atoms with Gasteiger partial charge in [0.15, 0.2) is 0 Å². The van der Waals surface area contributed by atoms with Crippen LogP contribution in [0.3, 0.4) is 0 Å². The molecule has 0 atom stereocenters. The first kappa shape index (κ1) is 19.8. The van der Waals surface area contributed by atoms with E-state index in [1.165, 1.54) is 16.9 Å². The second-order valence-corrected chi connectivity index (χ2v) is 7.82. The van der Waals surface area contributed by atoms with Crippen molar-refractivity contribution in [3.05, 3.63) is 56.6 Å². The number of benzene rings is 1. The molecule has 7 heteroatoms. The molecule has 3 rings (SSSR count). The number of aryl methyl sites for hydroxylation is 1. The number of carbonyl (C=O) groups excluding carboxylic acids is 1. The van der Waals surface area contributed by atoms with Crippen molar-refractivity contribution in [2.45, 2.75) is 26.4 Å². The Morgan fingerprint density at radius 2 is 1.78 bits per heavy atom. The summed E-state index contributed by atoms with van der Waals surface area (Å²) in [4.78, 5) is 28.5. The summed E-state index contributed by atoms with van der Waals surface area (Å²) in [6, 6.07) is 10.6. The Morgan fingerprint density at radius 3 is 2.44 bits per heavy atom. The van der Waals surface area contributed by atoms with Gasteiger partial charge in [0.1, 0.15) is 0 Å². The minimum Gasteiger partial charge on any atom is -0.355 e. The van der Waals surface area contributed by atoms with Gasteiger partial charge >= 0.3 is 4.87 Å². The highest BCUT2D eigenvalue weighted by molar-refractivity contribution is 7.07. The van der Waals surface area contributed by atoms with Gasteiger partial charge in [-0.25, -0.2) is 0 Å². The van der Waals surface area contributed by atoms with Gasteiger partial charge in [-0.1, -0.05) is 41.7 Å². The lowest BCUT2D eigenvalue weighted by molar-refractivity contribution is -0.121. The Balaban J connectivity index is 1.30. The first-order chi connectivity index (χ1) is 13.1. The van der Waals surface area contributed by atoms with Crippen molar-refractivity contribution in [3.63, 3.8) is 0 Å². The maximum absolute atomic E-state index is 12.0. The Hall–Kier alpha value is -1.96. The van der Waals surface area contributed by atoms with Gasteiger partial charge in [0.2, 0.25) is 5.91 Å².